The van der Waals surface area contributed by atoms with E-state index in [4.69, 9.17) is 0 Å². The highest BCUT2D eigenvalue weighted by molar-refractivity contribution is 7.89. The van der Waals surface area contributed by atoms with Gasteiger partial charge in [-0.1, -0.05) is 30.7 Å². The molecule has 8 heteroatoms. The third-order valence-electron chi connectivity index (χ3n) is 7.27. The summed E-state index contributed by atoms with van der Waals surface area (Å²) in [5, 5.41) is 11.6. The number of benzene rings is 2. The number of hydrogen-bond donors (Lipinski definition) is 2. The van der Waals surface area contributed by atoms with Gasteiger partial charge in [0.05, 0.1) is 22.9 Å². The number of allylic oxidation sites excluding steroid dienone is 3. The Kier molecular flexibility index (Phi) is 6.29. The molecule has 0 fully saturated rings. The van der Waals surface area contributed by atoms with Crippen molar-refractivity contribution in [3.8, 4) is 0 Å². The van der Waals surface area contributed by atoms with E-state index in [1.54, 1.807) is 37.3 Å². The fraction of sp³-hybridized carbons (Fsp3) is 0.333. The van der Waals surface area contributed by atoms with Crippen LogP contribution in [-0.4, -0.2) is 37.5 Å². The van der Waals surface area contributed by atoms with E-state index in [0.29, 0.717) is 12.1 Å². The molecule has 0 saturated carbocycles. The van der Waals surface area contributed by atoms with E-state index in [1.807, 2.05) is 17.3 Å². The van der Waals surface area contributed by atoms with Crippen LogP contribution in [0.15, 0.2) is 88.1 Å². The molecule has 3 aliphatic rings. The molecule has 0 aromatic heterocycles. The molecule has 5 rings (SSSR count). The van der Waals surface area contributed by atoms with Gasteiger partial charge in [0.2, 0.25) is 10.0 Å². The van der Waals surface area contributed by atoms with Crippen LogP contribution in [0.1, 0.15) is 25.3 Å². The lowest BCUT2D eigenvalue weighted by atomic mass is 9.80. The summed E-state index contributed by atoms with van der Waals surface area (Å²) in [6.07, 6.45) is 5.89. The molecule has 1 aliphatic heterocycles. The first-order chi connectivity index (χ1) is 16.8. The Morgan fingerprint density at radius 1 is 1.17 bits per heavy atom. The summed E-state index contributed by atoms with van der Waals surface area (Å²) in [5.41, 5.74) is 9.54. The number of hydrogen-bond acceptors (Lipinski definition) is 5. The van der Waals surface area contributed by atoms with E-state index in [2.05, 4.69) is 18.4 Å². The van der Waals surface area contributed by atoms with Gasteiger partial charge in [-0.2, -0.15) is 4.31 Å². The highest BCUT2D eigenvalue weighted by Gasteiger charge is 2.40. The molecule has 0 radical (unpaired) electrons. The van der Waals surface area contributed by atoms with Crippen molar-refractivity contribution in [2.24, 2.45) is 11.8 Å². The quantitative estimate of drug-likeness (QED) is 0.600. The second-order valence-electron chi connectivity index (χ2n) is 9.36. The van der Waals surface area contributed by atoms with E-state index in [1.165, 1.54) is 27.6 Å². The highest BCUT2D eigenvalue weighted by Crippen LogP contribution is 2.48. The number of anilines is 1. The van der Waals surface area contributed by atoms with Crippen molar-refractivity contribution in [1.29, 1.82) is 0 Å². The summed E-state index contributed by atoms with van der Waals surface area (Å²) in [5.74, 6) is -0.0830. The van der Waals surface area contributed by atoms with Crippen LogP contribution in [0, 0.1) is 24.6 Å². The largest absolute Gasteiger partial charge is 0.395 e. The monoisotopic (exact) mass is 495 g/mol. The zero-order valence-corrected chi connectivity index (χ0v) is 20.7. The number of nitrogens with zero attached hydrogens (tertiary/aromatic N) is 2. The molecule has 6 nitrogen and oxygen atoms in total. The van der Waals surface area contributed by atoms with Gasteiger partial charge < -0.3 is 10.5 Å². The average Bonchev–Trinajstić information content (AvgIpc) is 3.44. The Balaban J connectivity index is 1.44. The van der Waals surface area contributed by atoms with Crippen molar-refractivity contribution < 1.29 is 17.9 Å². The molecule has 2 atom stereocenters. The van der Waals surface area contributed by atoms with Gasteiger partial charge in [-0.3, -0.25) is 5.01 Å². The van der Waals surface area contributed by atoms with Gasteiger partial charge in [0.25, 0.3) is 0 Å². The van der Waals surface area contributed by atoms with Gasteiger partial charge in [-0.05, 0) is 73.2 Å². The molecule has 0 unspecified atom stereocenters. The smallest absolute Gasteiger partial charge is 0.243 e. The van der Waals surface area contributed by atoms with Crippen LogP contribution in [0.5, 0.6) is 0 Å². The van der Waals surface area contributed by atoms with Gasteiger partial charge in [-0.15, -0.1) is 0 Å². The van der Waals surface area contributed by atoms with E-state index >= 15 is 0 Å². The Hall–Kier alpha value is -2.94. The van der Waals surface area contributed by atoms with Crippen LogP contribution in [0.25, 0.3) is 0 Å². The maximum Gasteiger partial charge on any atom is 0.243 e. The zero-order chi connectivity index (χ0) is 24.7. The van der Waals surface area contributed by atoms with Crippen LogP contribution in [0.4, 0.5) is 10.1 Å². The topological polar surface area (TPSA) is 72.9 Å². The van der Waals surface area contributed by atoms with Crippen molar-refractivity contribution in [2.75, 3.05) is 24.7 Å². The number of nitrogens with one attached hydrogen (secondary N) is 1. The van der Waals surface area contributed by atoms with Crippen molar-refractivity contribution in [3.05, 3.63) is 94.6 Å². The third kappa shape index (κ3) is 4.20. The predicted molar refractivity (Wildman–Crippen MR) is 134 cm³/mol. The molecule has 0 saturated heterocycles. The predicted octanol–water partition coefficient (Wildman–Crippen LogP) is 4.27. The lowest BCUT2D eigenvalue weighted by Crippen LogP contribution is -2.38. The molecule has 2 aromatic carbocycles. The van der Waals surface area contributed by atoms with Crippen LogP contribution < -0.4 is 10.4 Å². The minimum absolute atomic E-state index is 0.0633. The number of rotatable bonds is 7. The number of aryl methyl sites for hydroxylation is 1. The van der Waals surface area contributed by atoms with Crippen molar-refractivity contribution in [3.63, 3.8) is 0 Å². The Morgan fingerprint density at radius 3 is 2.63 bits per heavy atom. The number of fused-ring (bicyclic) bond motifs is 1. The fourth-order valence-electron chi connectivity index (χ4n) is 5.56. The van der Waals surface area contributed by atoms with Gasteiger partial charge >= 0.3 is 0 Å². The van der Waals surface area contributed by atoms with Crippen LogP contribution in [0.2, 0.25) is 0 Å². The third-order valence-corrected chi connectivity index (χ3v) is 9.30. The first-order valence-electron chi connectivity index (χ1n) is 11.9. The van der Waals surface area contributed by atoms with Crippen molar-refractivity contribution in [1.82, 2.24) is 9.73 Å². The first-order valence-corrected chi connectivity index (χ1v) is 13.4. The van der Waals surface area contributed by atoms with Crippen LogP contribution >= 0.6 is 0 Å². The minimum Gasteiger partial charge on any atom is -0.395 e. The number of sulfonamides is 1. The number of halogens is 1. The molecular formula is C27H30FN3O3S. The molecule has 2 aromatic rings. The van der Waals surface area contributed by atoms with E-state index in [9.17, 15) is 17.9 Å². The van der Waals surface area contributed by atoms with Gasteiger partial charge in [0.1, 0.15) is 5.82 Å². The molecule has 0 spiro atoms. The molecule has 0 amide bonds. The second-order valence-corrected chi connectivity index (χ2v) is 11.3. The SMILES string of the molecule is Cc1ccccc1S(=O)(=O)N(CCO)C[C@H]1CCC2=C1[C@@H](C)C1=CNN(c3ccc(F)cc3)C1=C2. The maximum absolute atomic E-state index is 13.5. The Morgan fingerprint density at radius 2 is 1.91 bits per heavy atom. The van der Waals surface area contributed by atoms with Crippen LogP contribution in [-0.2, 0) is 10.0 Å². The fourth-order valence-corrected chi connectivity index (χ4v) is 7.26. The molecule has 184 valence electrons. The van der Waals surface area contributed by atoms with E-state index in [0.717, 1.165) is 29.8 Å². The number of aliphatic hydroxyl groups excluding tert-OH is 1. The molecule has 0 bridgehead atoms. The lowest BCUT2D eigenvalue weighted by Gasteiger charge is -2.32. The summed E-state index contributed by atoms with van der Waals surface area (Å²) in [6, 6.07) is 13.4. The zero-order valence-electron chi connectivity index (χ0n) is 19.9. The minimum atomic E-state index is -3.73. The Bertz CT molecular complexity index is 1330. The summed E-state index contributed by atoms with van der Waals surface area (Å²) >= 11 is 0. The first kappa shape index (κ1) is 23.8. The number of aliphatic hydroxyl groups is 1. The molecule has 1 heterocycles. The van der Waals surface area contributed by atoms with E-state index < -0.39 is 10.0 Å². The lowest BCUT2D eigenvalue weighted by molar-refractivity contribution is 0.243. The summed E-state index contributed by atoms with van der Waals surface area (Å²) in [7, 11) is -3.73. The summed E-state index contributed by atoms with van der Waals surface area (Å²) in [4.78, 5) is 0.289. The second kappa shape index (κ2) is 9.26. The maximum atomic E-state index is 13.5. The average molecular weight is 496 g/mol. The van der Waals surface area contributed by atoms with Crippen molar-refractivity contribution in [2.45, 2.75) is 31.6 Å². The Labute approximate surface area is 206 Å². The standard InChI is InChI=1S/C27H30FN3O3S/c1-18-5-3-4-6-26(18)35(33,34)30(13-14-32)17-21-8-7-20-15-25-24(19(2)27(20)21)16-29-31(25)23-11-9-22(28)10-12-23/h3-6,9-12,15-16,19,21,29,32H,7-8,13-14,17H2,1-2H3/t19-,21+/m0/s1. The summed E-state index contributed by atoms with van der Waals surface area (Å²) in [6.45, 7) is 4.13. The van der Waals surface area contributed by atoms with Crippen LogP contribution in [0.3, 0.4) is 0 Å². The number of hydrazine groups is 1. The van der Waals surface area contributed by atoms with Gasteiger partial charge in [0, 0.05) is 30.8 Å². The molecule has 2 N–H and O–H groups in total. The normalized spacial score (nSPS) is 21.6. The van der Waals surface area contributed by atoms with E-state index in [-0.39, 0.29) is 35.7 Å². The molecule has 35 heavy (non-hydrogen) atoms. The van der Waals surface area contributed by atoms with Gasteiger partial charge in [0.15, 0.2) is 0 Å². The molecule has 2 aliphatic carbocycles. The van der Waals surface area contributed by atoms with Gasteiger partial charge in [-0.25, -0.2) is 12.8 Å². The summed E-state index contributed by atoms with van der Waals surface area (Å²) < 4.78 is 41.9. The van der Waals surface area contributed by atoms with Crippen molar-refractivity contribution >= 4 is 15.7 Å². The highest BCUT2D eigenvalue weighted by atomic mass is 32.2. The molecular weight excluding hydrogens is 465 g/mol.